The highest BCUT2D eigenvalue weighted by atomic mass is 35.5. The van der Waals surface area contributed by atoms with Gasteiger partial charge in [0, 0.05) is 11.6 Å². The Morgan fingerprint density at radius 3 is 2.33 bits per heavy atom. The molecule has 0 bridgehead atoms. The van der Waals surface area contributed by atoms with Crippen molar-refractivity contribution in [3.05, 3.63) is 28.3 Å². The molecule has 1 heterocycles. The molecule has 2 aliphatic rings. The van der Waals surface area contributed by atoms with Gasteiger partial charge in [0.25, 0.3) is 0 Å². The first kappa shape index (κ1) is 19.9. The number of esters is 1. The van der Waals surface area contributed by atoms with Crippen LogP contribution in [0, 0.1) is 18.8 Å². The zero-order chi connectivity index (χ0) is 19.7. The largest absolute Gasteiger partial charge is 0.426 e. The van der Waals surface area contributed by atoms with E-state index in [-0.39, 0.29) is 42.5 Å². The molecule has 0 spiro atoms. The third-order valence-electron chi connectivity index (χ3n) is 5.61. The molecule has 1 saturated heterocycles. The summed E-state index contributed by atoms with van der Waals surface area (Å²) in [5.74, 6) is -0.390. The molecule has 3 rings (SSSR count). The highest BCUT2D eigenvalue weighted by Crippen LogP contribution is 2.38. The van der Waals surface area contributed by atoms with Crippen molar-refractivity contribution in [1.82, 2.24) is 4.90 Å². The van der Waals surface area contributed by atoms with E-state index in [9.17, 15) is 14.4 Å². The molecular formula is C21H26ClNO4. The minimum atomic E-state index is -0.453. The van der Waals surface area contributed by atoms with Crippen molar-refractivity contribution in [2.24, 2.45) is 11.8 Å². The smallest absolute Gasteiger partial charge is 0.313 e. The minimum Gasteiger partial charge on any atom is -0.426 e. The Morgan fingerprint density at radius 2 is 1.78 bits per heavy atom. The lowest BCUT2D eigenvalue weighted by atomic mass is 9.81. The average molecular weight is 392 g/mol. The number of benzene rings is 1. The summed E-state index contributed by atoms with van der Waals surface area (Å²) in [4.78, 5) is 38.5. The van der Waals surface area contributed by atoms with Crippen LogP contribution < -0.4 is 4.74 Å². The zero-order valence-electron chi connectivity index (χ0n) is 16.1. The van der Waals surface area contributed by atoms with Gasteiger partial charge in [-0.15, -0.1) is 0 Å². The fourth-order valence-corrected chi connectivity index (χ4v) is 4.49. The van der Waals surface area contributed by atoms with Gasteiger partial charge in [-0.25, -0.2) is 0 Å². The van der Waals surface area contributed by atoms with Crippen molar-refractivity contribution in [3.63, 3.8) is 0 Å². The number of halogens is 1. The molecule has 2 atom stereocenters. The maximum atomic E-state index is 12.5. The Labute approximate surface area is 165 Å². The van der Waals surface area contributed by atoms with Crippen molar-refractivity contribution < 1.29 is 19.1 Å². The molecule has 2 amide bonds. The van der Waals surface area contributed by atoms with Gasteiger partial charge in [0.1, 0.15) is 5.75 Å². The van der Waals surface area contributed by atoms with Gasteiger partial charge in [0.2, 0.25) is 11.8 Å². The molecular weight excluding hydrogens is 366 g/mol. The molecule has 1 aliphatic heterocycles. The minimum absolute atomic E-state index is 0.00397. The van der Waals surface area contributed by atoms with Crippen LogP contribution in [0.1, 0.15) is 63.0 Å². The summed E-state index contributed by atoms with van der Waals surface area (Å²) in [6, 6.07) is 3.58. The van der Waals surface area contributed by atoms with Crippen molar-refractivity contribution >= 4 is 29.4 Å². The fourth-order valence-electron chi connectivity index (χ4n) is 4.05. The lowest BCUT2D eigenvalue weighted by Crippen LogP contribution is -2.33. The summed E-state index contributed by atoms with van der Waals surface area (Å²) in [6.07, 6.45) is 3.53. The average Bonchev–Trinajstić information content (AvgIpc) is 2.86. The summed E-state index contributed by atoms with van der Waals surface area (Å²) in [6.45, 7) is 5.96. The highest BCUT2D eigenvalue weighted by molar-refractivity contribution is 6.31. The van der Waals surface area contributed by atoms with E-state index in [1.807, 2.05) is 20.8 Å². The molecule has 1 aromatic carbocycles. The molecule has 1 aromatic rings. The van der Waals surface area contributed by atoms with E-state index >= 15 is 0 Å². The van der Waals surface area contributed by atoms with E-state index in [1.165, 1.54) is 4.90 Å². The molecule has 5 nitrogen and oxygen atoms in total. The number of carbonyl (C=O) groups is 3. The van der Waals surface area contributed by atoms with Gasteiger partial charge in [-0.2, -0.15) is 0 Å². The van der Waals surface area contributed by atoms with Crippen LogP contribution in [0.5, 0.6) is 5.75 Å². The van der Waals surface area contributed by atoms with Crippen LogP contribution in [0.3, 0.4) is 0 Å². The second-order valence-electron chi connectivity index (χ2n) is 7.84. The van der Waals surface area contributed by atoms with Gasteiger partial charge in [0.05, 0.1) is 18.3 Å². The van der Waals surface area contributed by atoms with Crippen LogP contribution in [0.2, 0.25) is 5.02 Å². The van der Waals surface area contributed by atoms with Crippen LogP contribution in [0.25, 0.3) is 0 Å². The maximum Gasteiger partial charge on any atom is 0.313 e. The van der Waals surface area contributed by atoms with E-state index in [0.29, 0.717) is 10.8 Å². The SMILES string of the molecule is Cc1cc(Cl)c(C(C)C)cc1OC(=O)CCN1C(=O)[C@@H]2CCCC[C@H]2C1=O. The van der Waals surface area contributed by atoms with Gasteiger partial charge in [-0.3, -0.25) is 19.3 Å². The number of hydrogen-bond donors (Lipinski definition) is 0. The molecule has 1 saturated carbocycles. The molecule has 27 heavy (non-hydrogen) atoms. The molecule has 0 N–H and O–H groups in total. The second-order valence-corrected chi connectivity index (χ2v) is 8.25. The van der Waals surface area contributed by atoms with Gasteiger partial charge >= 0.3 is 5.97 Å². The van der Waals surface area contributed by atoms with E-state index in [0.717, 1.165) is 36.8 Å². The number of nitrogens with zero attached hydrogens (tertiary/aromatic N) is 1. The first-order chi connectivity index (χ1) is 12.8. The predicted octanol–water partition coefficient (Wildman–Crippen LogP) is 4.24. The van der Waals surface area contributed by atoms with Crippen LogP contribution >= 0.6 is 11.6 Å². The molecule has 2 fully saturated rings. The Bertz CT molecular complexity index is 750. The van der Waals surface area contributed by atoms with Gasteiger partial charge in [0.15, 0.2) is 0 Å². The lowest BCUT2D eigenvalue weighted by Gasteiger charge is -2.19. The van der Waals surface area contributed by atoms with E-state index < -0.39 is 5.97 Å². The summed E-state index contributed by atoms with van der Waals surface area (Å²) >= 11 is 6.25. The van der Waals surface area contributed by atoms with Crippen LogP contribution in [-0.4, -0.2) is 29.2 Å². The molecule has 0 aromatic heterocycles. The Kier molecular flexibility index (Phi) is 5.89. The number of rotatable bonds is 5. The highest BCUT2D eigenvalue weighted by Gasteiger charge is 2.47. The van der Waals surface area contributed by atoms with E-state index in [4.69, 9.17) is 16.3 Å². The number of aryl methyl sites for hydroxylation is 1. The predicted molar refractivity (Wildman–Crippen MR) is 103 cm³/mol. The fraction of sp³-hybridized carbons (Fsp3) is 0.571. The molecule has 146 valence electrons. The normalized spacial score (nSPS) is 22.3. The van der Waals surface area contributed by atoms with Crippen LogP contribution in [0.15, 0.2) is 12.1 Å². The van der Waals surface area contributed by atoms with Crippen molar-refractivity contribution in [2.45, 2.75) is 58.8 Å². The van der Waals surface area contributed by atoms with Gasteiger partial charge < -0.3 is 4.74 Å². The number of carbonyl (C=O) groups excluding carboxylic acids is 3. The topological polar surface area (TPSA) is 63.7 Å². The quantitative estimate of drug-likeness (QED) is 0.427. The summed E-state index contributed by atoms with van der Waals surface area (Å²) in [5.41, 5.74) is 1.69. The maximum absolute atomic E-state index is 12.5. The molecule has 0 unspecified atom stereocenters. The van der Waals surface area contributed by atoms with Crippen LogP contribution in [0.4, 0.5) is 0 Å². The van der Waals surface area contributed by atoms with E-state index in [2.05, 4.69) is 0 Å². The first-order valence-corrected chi connectivity index (χ1v) is 10.0. The third kappa shape index (κ3) is 4.03. The number of hydrogen-bond acceptors (Lipinski definition) is 4. The summed E-state index contributed by atoms with van der Waals surface area (Å²) in [5, 5.41) is 0.651. The summed E-state index contributed by atoms with van der Waals surface area (Å²) in [7, 11) is 0. The molecule has 0 radical (unpaired) electrons. The lowest BCUT2D eigenvalue weighted by molar-refractivity contribution is -0.141. The standard InChI is InChI=1S/C21H26ClNO4/c1-12(2)16-11-18(13(3)10-17(16)22)27-19(24)8-9-23-20(25)14-6-4-5-7-15(14)21(23)26/h10-12,14-15H,4-9H2,1-3H3/t14-,15-/m1/s1. The number of fused-ring (bicyclic) bond motifs is 1. The Morgan fingerprint density at radius 1 is 1.19 bits per heavy atom. The van der Waals surface area contributed by atoms with Crippen molar-refractivity contribution in [2.75, 3.05) is 6.54 Å². The monoisotopic (exact) mass is 391 g/mol. The Hall–Kier alpha value is -1.88. The Balaban J connectivity index is 1.63. The van der Waals surface area contributed by atoms with Crippen molar-refractivity contribution in [1.29, 1.82) is 0 Å². The molecule has 1 aliphatic carbocycles. The number of likely N-dealkylation sites (tertiary alicyclic amines) is 1. The van der Waals surface area contributed by atoms with Gasteiger partial charge in [-0.05, 0) is 48.9 Å². The van der Waals surface area contributed by atoms with Crippen molar-refractivity contribution in [3.8, 4) is 5.75 Å². The summed E-state index contributed by atoms with van der Waals surface area (Å²) < 4.78 is 5.49. The molecule has 6 heteroatoms. The van der Waals surface area contributed by atoms with Gasteiger partial charge in [-0.1, -0.05) is 38.3 Å². The van der Waals surface area contributed by atoms with E-state index in [1.54, 1.807) is 12.1 Å². The number of amides is 2. The number of imide groups is 1. The second kappa shape index (κ2) is 8.01. The zero-order valence-corrected chi connectivity index (χ0v) is 16.8. The number of ether oxygens (including phenoxy) is 1. The van der Waals surface area contributed by atoms with Crippen LogP contribution in [-0.2, 0) is 14.4 Å². The first-order valence-electron chi connectivity index (χ1n) is 9.65. The third-order valence-corrected chi connectivity index (χ3v) is 5.94.